The van der Waals surface area contributed by atoms with Crippen molar-refractivity contribution in [1.82, 2.24) is 4.98 Å². The Morgan fingerprint density at radius 1 is 1.11 bits per heavy atom. The molecule has 0 atom stereocenters. The zero-order valence-electron chi connectivity index (χ0n) is 10.2. The molecule has 4 heteroatoms. The van der Waals surface area contributed by atoms with Crippen molar-refractivity contribution in [3.05, 3.63) is 48.2 Å². The highest BCUT2D eigenvalue weighted by molar-refractivity contribution is 5.96. The van der Waals surface area contributed by atoms with Gasteiger partial charge in [0.1, 0.15) is 11.5 Å². The number of hydrogen-bond donors (Lipinski definition) is 0. The quantitative estimate of drug-likeness (QED) is 0.774. The molecule has 1 aromatic carbocycles. The lowest BCUT2D eigenvalue weighted by atomic mass is 10.2. The molecule has 0 unspecified atom stereocenters. The number of hydrogen-bond acceptors (Lipinski definition) is 4. The summed E-state index contributed by atoms with van der Waals surface area (Å²) in [5, 5.41) is 0. The lowest BCUT2D eigenvalue weighted by molar-refractivity contribution is 0.101. The van der Waals surface area contributed by atoms with Crippen molar-refractivity contribution in [3.8, 4) is 17.4 Å². The molecule has 0 fully saturated rings. The molecule has 0 aliphatic heterocycles. The number of aromatic nitrogens is 1. The summed E-state index contributed by atoms with van der Waals surface area (Å²) in [6.07, 6.45) is 1.59. The van der Waals surface area contributed by atoms with Gasteiger partial charge in [-0.3, -0.25) is 4.79 Å². The Labute approximate surface area is 105 Å². The molecule has 0 N–H and O–H groups in total. The van der Waals surface area contributed by atoms with E-state index in [0.717, 1.165) is 5.75 Å². The van der Waals surface area contributed by atoms with Gasteiger partial charge in [0.05, 0.1) is 12.7 Å². The van der Waals surface area contributed by atoms with Crippen LogP contribution < -0.4 is 9.47 Å². The van der Waals surface area contributed by atoms with Gasteiger partial charge in [0.2, 0.25) is 5.88 Å². The van der Waals surface area contributed by atoms with E-state index in [9.17, 15) is 4.79 Å². The van der Waals surface area contributed by atoms with Crippen LogP contribution in [-0.4, -0.2) is 17.9 Å². The molecule has 0 amide bonds. The molecule has 0 bridgehead atoms. The zero-order chi connectivity index (χ0) is 13.0. The highest BCUT2D eigenvalue weighted by Crippen LogP contribution is 2.24. The second kappa shape index (κ2) is 5.31. The van der Waals surface area contributed by atoms with Crippen LogP contribution in [0, 0.1) is 0 Å². The van der Waals surface area contributed by atoms with E-state index in [0.29, 0.717) is 17.2 Å². The Balaban J connectivity index is 2.25. The molecule has 2 aromatic rings. The van der Waals surface area contributed by atoms with Crippen LogP contribution >= 0.6 is 0 Å². The van der Waals surface area contributed by atoms with Crippen LogP contribution in [0.2, 0.25) is 0 Å². The lowest BCUT2D eigenvalue weighted by Gasteiger charge is -2.08. The number of Topliss-reactive ketones (excluding diaryl/α,β-unsaturated/α-hetero) is 1. The molecule has 0 aliphatic rings. The standard InChI is InChI=1S/C14H13NO3/c1-10(16)13-4-3-9-15-14(13)18-12-7-5-11(17-2)6-8-12/h3-9H,1-2H3. The van der Waals surface area contributed by atoms with Crippen LogP contribution in [0.1, 0.15) is 17.3 Å². The van der Waals surface area contributed by atoms with Gasteiger partial charge in [-0.2, -0.15) is 0 Å². The summed E-state index contributed by atoms with van der Waals surface area (Å²) >= 11 is 0. The predicted octanol–water partition coefficient (Wildman–Crippen LogP) is 3.09. The van der Waals surface area contributed by atoms with Gasteiger partial charge >= 0.3 is 0 Å². The largest absolute Gasteiger partial charge is 0.497 e. The van der Waals surface area contributed by atoms with Gasteiger partial charge in [-0.05, 0) is 43.3 Å². The molecule has 2 rings (SSSR count). The first-order chi connectivity index (χ1) is 8.70. The van der Waals surface area contributed by atoms with Crippen molar-refractivity contribution in [2.75, 3.05) is 7.11 Å². The van der Waals surface area contributed by atoms with Crippen molar-refractivity contribution in [2.45, 2.75) is 6.92 Å². The van der Waals surface area contributed by atoms with Crippen LogP contribution in [0.25, 0.3) is 0 Å². The van der Waals surface area contributed by atoms with Gasteiger partial charge in [-0.1, -0.05) is 0 Å². The monoisotopic (exact) mass is 243 g/mol. The van der Waals surface area contributed by atoms with Crippen LogP contribution in [0.4, 0.5) is 0 Å². The first-order valence-electron chi connectivity index (χ1n) is 5.48. The third-order valence-corrected chi connectivity index (χ3v) is 2.42. The van der Waals surface area contributed by atoms with Gasteiger partial charge < -0.3 is 9.47 Å². The Kier molecular flexibility index (Phi) is 3.57. The number of carbonyl (C=O) groups is 1. The topological polar surface area (TPSA) is 48.4 Å². The summed E-state index contributed by atoms with van der Waals surface area (Å²) < 4.78 is 10.6. The average Bonchev–Trinajstić information content (AvgIpc) is 2.40. The molecule has 0 spiro atoms. The van der Waals surface area contributed by atoms with Crippen molar-refractivity contribution in [2.24, 2.45) is 0 Å². The number of benzene rings is 1. The Morgan fingerprint density at radius 3 is 2.39 bits per heavy atom. The Bertz CT molecular complexity index is 549. The molecule has 0 radical (unpaired) electrons. The highest BCUT2D eigenvalue weighted by atomic mass is 16.5. The van der Waals surface area contributed by atoms with E-state index >= 15 is 0 Å². The molecule has 0 aliphatic carbocycles. The third-order valence-electron chi connectivity index (χ3n) is 2.42. The maximum Gasteiger partial charge on any atom is 0.230 e. The Morgan fingerprint density at radius 2 is 1.78 bits per heavy atom. The van der Waals surface area contributed by atoms with E-state index in [1.165, 1.54) is 6.92 Å². The number of ether oxygens (including phenoxy) is 2. The summed E-state index contributed by atoms with van der Waals surface area (Å²) in [4.78, 5) is 15.5. The van der Waals surface area contributed by atoms with Crippen LogP contribution in [-0.2, 0) is 0 Å². The second-order valence-electron chi connectivity index (χ2n) is 3.69. The number of pyridine rings is 1. The minimum absolute atomic E-state index is 0.0772. The van der Waals surface area contributed by atoms with E-state index in [-0.39, 0.29) is 5.78 Å². The number of carbonyl (C=O) groups excluding carboxylic acids is 1. The van der Waals surface area contributed by atoms with Crippen molar-refractivity contribution in [1.29, 1.82) is 0 Å². The van der Waals surface area contributed by atoms with Crippen LogP contribution in [0.5, 0.6) is 17.4 Å². The fourth-order valence-corrected chi connectivity index (χ4v) is 1.50. The van der Waals surface area contributed by atoms with E-state index in [1.807, 2.05) is 0 Å². The predicted molar refractivity (Wildman–Crippen MR) is 67.3 cm³/mol. The molecule has 0 saturated carbocycles. The average molecular weight is 243 g/mol. The summed E-state index contributed by atoms with van der Waals surface area (Å²) in [6.45, 7) is 1.48. The first kappa shape index (κ1) is 12.1. The highest BCUT2D eigenvalue weighted by Gasteiger charge is 2.09. The maximum absolute atomic E-state index is 11.4. The summed E-state index contributed by atoms with van der Waals surface area (Å²) in [5.41, 5.74) is 0.466. The molecule has 1 aromatic heterocycles. The number of rotatable bonds is 4. The molecule has 1 heterocycles. The molecule has 18 heavy (non-hydrogen) atoms. The Hall–Kier alpha value is -2.36. The summed E-state index contributed by atoms with van der Waals surface area (Å²) in [6, 6.07) is 10.5. The van der Waals surface area contributed by atoms with E-state index in [1.54, 1.807) is 49.7 Å². The van der Waals surface area contributed by atoms with E-state index in [2.05, 4.69) is 4.98 Å². The van der Waals surface area contributed by atoms with E-state index < -0.39 is 0 Å². The number of nitrogens with zero attached hydrogens (tertiary/aromatic N) is 1. The van der Waals surface area contributed by atoms with E-state index in [4.69, 9.17) is 9.47 Å². The van der Waals surface area contributed by atoms with Gasteiger partial charge in [0, 0.05) is 6.20 Å². The van der Waals surface area contributed by atoms with Crippen LogP contribution in [0.15, 0.2) is 42.6 Å². The zero-order valence-corrected chi connectivity index (χ0v) is 10.2. The first-order valence-corrected chi connectivity index (χ1v) is 5.48. The normalized spacial score (nSPS) is 9.89. The van der Waals surface area contributed by atoms with Crippen molar-refractivity contribution in [3.63, 3.8) is 0 Å². The fraction of sp³-hybridized carbons (Fsp3) is 0.143. The van der Waals surface area contributed by atoms with Gasteiger partial charge in [-0.25, -0.2) is 4.98 Å². The molecule has 92 valence electrons. The summed E-state index contributed by atoms with van der Waals surface area (Å²) in [7, 11) is 1.60. The number of ketones is 1. The lowest BCUT2D eigenvalue weighted by Crippen LogP contribution is -1.98. The smallest absolute Gasteiger partial charge is 0.230 e. The maximum atomic E-state index is 11.4. The number of methoxy groups -OCH3 is 1. The summed E-state index contributed by atoms with van der Waals surface area (Å²) in [5.74, 6) is 1.59. The third kappa shape index (κ3) is 2.66. The molecule has 4 nitrogen and oxygen atoms in total. The van der Waals surface area contributed by atoms with Crippen molar-refractivity contribution < 1.29 is 14.3 Å². The van der Waals surface area contributed by atoms with Crippen molar-refractivity contribution >= 4 is 5.78 Å². The SMILES string of the molecule is COc1ccc(Oc2ncccc2C(C)=O)cc1. The van der Waals surface area contributed by atoms with Gasteiger partial charge in [0.25, 0.3) is 0 Å². The molecule has 0 saturated heterocycles. The van der Waals surface area contributed by atoms with Crippen LogP contribution in [0.3, 0.4) is 0 Å². The minimum Gasteiger partial charge on any atom is -0.497 e. The second-order valence-corrected chi connectivity index (χ2v) is 3.69. The molecular weight excluding hydrogens is 230 g/mol. The van der Waals surface area contributed by atoms with Gasteiger partial charge in [0.15, 0.2) is 5.78 Å². The minimum atomic E-state index is -0.0772. The molecular formula is C14H13NO3. The van der Waals surface area contributed by atoms with Gasteiger partial charge in [-0.15, -0.1) is 0 Å². The fourth-order valence-electron chi connectivity index (χ4n) is 1.50.